The van der Waals surface area contributed by atoms with Gasteiger partial charge in [-0.05, 0) is 55.4 Å². The minimum atomic E-state index is -0.975. The Balaban J connectivity index is 1.52. The molecular formula is C34H43N3O7. The van der Waals surface area contributed by atoms with Crippen LogP contribution in [0.2, 0.25) is 0 Å². The zero-order valence-electron chi connectivity index (χ0n) is 25.4. The molecule has 0 spiro atoms. The van der Waals surface area contributed by atoms with Crippen LogP contribution >= 0.6 is 0 Å². The number of nitrogens with one attached hydrogen (secondary N) is 3. The average molecular weight is 606 g/mol. The second kappa shape index (κ2) is 17.0. The number of allylic oxidation sites excluding steroid dienone is 2. The van der Waals surface area contributed by atoms with Gasteiger partial charge in [-0.25, -0.2) is 9.59 Å². The van der Waals surface area contributed by atoms with Gasteiger partial charge in [0.05, 0.1) is 18.6 Å². The third-order valence-corrected chi connectivity index (χ3v) is 7.38. The molecule has 1 aliphatic carbocycles. The third kappa shape index (κ3) is 9.54. The quantitative estimate of drug-likeness (QED) is 0.158. The van der Waals surface area contributed by atoms with E-state index in [1.807, 2.05) is 36.4 Å². The molecule has 1 aliphatic rings. The SMILES string of the molecule is C=CCC[C@H](NC(=O)OCC1c2ccccc2-c2ccccc21)C(=O)OC[C@H](C)NC(=O)[C@@H](CC=C)CC(=O)N[C@@H](C)CO. The average Bonchev–Trinajstić information content (AvgIpc) is 3.34. The van der Waals surface area contributed by atoms with Crippen molar-refractivity contribution in [3.05, 3.63) is 85.0 Å². The van der Waals surface area contributed by atoms with Gasteiger partial charge in [-0.2, -0.15) is 0 Å². The highest BCUT2D eigenvalue weighted by Gasteiger charge is 2.30. The molecule has 0 fully saturated rings. The Kier molecular flexibility index (Phi) is 13.2. The number of fused-ring (bicyclic) bond motifs is 3. The number of hydrogen-bond acceptors (Lipinski definition) is 7. The van der Waals surface area contributed by atoms with Gasteiger partial charge in [-0.1, -0.05) is 60.7 Å². The zero-order chi connectivity index (χ0) is 32.1. The number of benzene rings is 2. The summed E-state index contributed by atoms with van der Waals surface area (Å²) in [6.45, 7) is 10.4. The molecule has 0 saturated carbocycles. The topological polar surface area (TPSA) is 143 Å². The normalized spacial score (nSPS) is 14.5. The van der Waals surface area contributed by atoms with Crippen LogP contribution in [0.3, 0.4) is 0 Å². The van der Waals surface area contributed by atoms with Crippen molar-refractivity contribution in [1.82, 2.24) is 16.0 Å². The molecule has 2 aromatic carbocycles. The first kappa shape index (κ1) is 34.1. The minimum Gasteiger partial charge on any atom is -0.462 e. The van der Waals surface area contributed by atoms with Gasteiger partial charge >= 0.3 is 12.1 Å². The van der Waals surface area contributed by atoms with Gasteiger partial charge in [0.15, 0.2) is 0 Å². The zero-order valence-corrected chi connectivity index (χ0v) is 25.4. The lowest BCUT2D eigenvalue weighted by molar-refractivity contribution is -0.147. The molecule has 2 aromatic rings. The highest BCUT2D eigenvalue weighted by atomic mass is 16.6. The van der Waals surface area contributed by atoms with Crippen molar-refractivity contribution in [3.8, 4) is 11.1 Å². The molecule has 0 aromatic heterocycles. The second-order valence-corrected chi connectivity index (χ2v) is 11.0. The number of hydrogen-bond donors (Lipinski definition) is 4. The Labute approximate surface area is 258 Å². The lowest BCUT2D eigenvalue weighted by Crippen LogP contribution is -2.45. The maximum atomic E-state index is 12.9. The summed E-state index contributed by atoms with van der Waals surface area (Å²) in [5, 5.41) is 17.1. The van der Waals surface area contributed by atoms with Gasteiger partial charge in [0, 0.05) is 18.4 Å². The standard InChI is InChI=1S/C34H43N3O7/c1-5-7-17-30(33(41)43-20-23(4)36-32(40)24(12-6-2)18-31(39)35-22(3)19-38)37-34(42)44-21-29-27-15-10-8-13-25(27)26-14-9-11-16-28(26)29/h5-6,8-11,13-16,22-24,29-30,38H,1-2,7,12,17-21H2,3-4H3,(H,35,39)(H,36,40)(H,37,42)/t22-,23-,24-,30-/m0/s1. The van der Waals surface area contributed by atoms with E-state index in [2.05, 4.69) is 41.2 Å². The van der Waals surface area contributed by atoms with E-state index in [1.165, 1.54) is 0 Å². The van der Waals surface area contributed by atoms with E-state index in [1.54, 1.807) is 26.0 Å². The largest absolute Gasteiger partial charge is 0.462 e. The highest BCUT2D eigenvalue weighted by molar-refractivity contribution is 5.86. The van der Waals surface area contributed by atoms with Gasteiger partial charge in [0.2, 0.25) is 11.8 Å². The third-order valence-electron chi connectivity index (χ3n) is 7.38. The summed E-state index contributed by atoms with van der Waals surface area (Å²) in [4.78, 5) is 50.8. The Morgan fingerprint density at radius 1 is 0.886 bits per heavy atom. The van der Waals surface area contributed by atoms with Crippen molar-refractivity contribution in [3.63, 3.8) is 0 Å². The van der Waals surface area contributed by atoms with Gasteiger partial charge in [-0.3, -0.25) is 9.59 Å². The van der Waals surface area contributed by atoms with Crippen molar-refractivity contribution in [2.75, 3.05) is 19.8 Å². The predicted octanol–water partition coefficient (Wildman–Crippen LogP) is 3.99. The molecule has 0 radical (unpaired) electrons. The molecule has 0 saturated heterocycles. The maximum Gasteiger partial charge on any atom is 0.407 e. The molecule has 10 heteroatoms. The van der Waals surface area contributed by atoms with Crippen LogP contribution in [0.1, 0.15) is 56.6 Å². The van der Waals surface area contributed by atoms with E-state index in [0.717, 1.165) is 22.3 Å². The minimum absolute atomic E-state index is 0.0810. The molecule has 0 unspecified atom stereocenters. The van der Waals surface area contributed by atoms with Gasteiger partial charge in [-0.15, -0.1) is 13.2 Å². The summed E-state index contributed by atoms with van der Waals surface area (Å²) in [6, 6.07) is 14.1. The fourth-order valence-corrected chi connectivity index (χ4v) is 5.11. The van der Waals surface area contributed by atoms with Crippen LogP contribution in [0.15, 0.2) is 73.8 Å². The van der Waals surface area contributed by atoms with Crippen LogP contribution in [0.25, 0.3) is 11.1 Å². The number of aliphatic hydroxyl groups is 1. The molecule has 44 heavy (non-hydrogen) atoms. The van der Waals surface area contributed by atoms with E-state index in [-0.39, 0.29) is 56.8 Å². The van der Waals surface area contributed by atoms with Crippen molar-refractivity contribution in [1.29, 1.82) is 0 Å². The lowest BCUT2D eigenvalue weighted by atomic mass is 9.98. The molecule has 4 atom stereocenters. The monoisotopic (exact) mass is 605 g/mol. The second-order valence-electron chi connectivity index (χ2n) is 11.0. The number of rotatable bonds is 17. The van der Waals surface area contributed by atoms with E-state index in [4.69, 9.17) is 14.6 Å². The maximum absolute atomic E-state index is 12.9. The number of carbonyl (C=O) groups excluding carboxylic acids is 4. The van der Waals surface area contributed by atoms with Gasteiger partial charge in [0.25, 0.3) is 0 Å². The van der Waals surface area contributed by atoms with Crippen LogP contribution in [0, 0.1) is 5.92 Å². The summed E-state index contributed by atoms with van der Waals surface area (Å²) < 4.78 is 11.0. The van der Waals surface area contributed by atoms with E-state index >= 15 is 0 Å². The molecule has 3 rings (SSSR count). The fraction of sp³-hybridized carbons (Fsp3) is 0.412. The summed E-state index contributed by atoms with van der Waals surface area (Å²) >= 11 is 0. The predicted molar refractivity (Wildman–Crippen MR) is 168 cm³/mol. The van der Waals surface area contributed by atoms with E-state index in [9.17, 15) is 19.2 Å². The molecule has 236 valence electrons. The lowest BCUT2D eigenvalue weighted by Gasteiger charge is -2.22. The summed E-state index contributed by atoms with van der Waals surface area (Å²) in [5.74, 6) is -2.21. The Morgan fingerprint density at radius 3 is 2.11 bits per heavy atom. The number of carbonyl (C=O) groups is 4. The number of esters is 1. The first-order valence-electron chi connectivity index (χ1n) is 14.9. The van der Waals surface area contributed by atoms with E-state index in [0.29, 0.717) is 6.42 Å². The van der Waals surface area contributed by atoms with Crippen LogP contribution < -0.4 is 16.0 Å². The fourth-order valence-electron chi connectivity index (χ4n) is 5.11. The summed E-state index contributed by atoms with van der Waals surface area (Å²) in [6.07, 6.45) is 3.36. The van der Waals surface area contributed by atoms with Crippen LogP contribution in [0.4, 0.5) is 4.79 Å². The molecule has 3 amide bonds. The Bertz CT molecular complexity index is 1280. The van der Waals surface area contributed by atoms with Crippen LogP contribution in [-0.2, 0) is 23.9 Å². The Hall–Kier alpha value is -4.44. The number of aliphatic hydroxyl groups excluding tert-OH is 1. The molecule has 0 aliphatic heterocycles. The van der Waals surface area contributed by atoms with Gasteiger partial charge in [0.1, 0.15) is 19.3 Å². The number of ether oxygens (including phenoxy) is 2. The van der Waals surface area contributed by atoms with Gasteiger partial charge < -0.3 is 30.5 Å². The van der Waals surface area contributed by atoms with Crippen molar-refractivity contribution >= 4 is 23.9 Å². The Morgan fingerprint density at radius 2 is 1.52 bits per heavy atom. The molecule has 10 nitrogen and oxygen atoms in total. The number of alkyl carbamates (subject to hydrolysis) is 1. The van der Waals surface area contributed by atoms with E-state index < -0.39 is 36.1 Å². The summed E-state index contributed by atoms with van der Waals surface area (Å²) in [5.41, 5.74) is 4.38. The first-order chi connectivity index (χ1) is 21.2. The van der Waals surface area contributed by atoms with Crippen LogP contribution in [-0.4, -0.2) is 66.9 Å². The molecule has 0 heterocycles. The first-order valence-corrected chi connectivity index (χ1v) is 14.9. The molecular weight excluding hydrogens is 562 g/mol. The summed E-state index contributed by atoms with van der Waals surface area (Å²) in [7, 11) is 0. The highest BCUT2D eigenvalue weighted by Crippen LogP contribution is 2.44. The smallest absolute Gasteiger partial charge is 0.407 e. The van der Waals surface area contributed by atoms with Crippen molar-refractivity contribution in [2.45, 2.75) is 63.6 Å². The van der Waals surface area contributed by atoms with Crippen LogP contribution in [0.5, 0.6) is 0 Å². The molecule has 4 N–H and O–H groups in total. The number of amides is 3. The van der Waals surface area contributed by atoms with Crippen molar-refractivity contribution < 1.29 is 33.8 Å². The molecule has 0 bridgehead atoms. The van der Waals surface area contributed by atoms with Crippen molar-refractivity contribution in [2.24, 2.45) is 5.92 Å².